The van der Waals surface area contributed by atoms with Gasteiger partial charge in [-0.2, -0.15) is 0 Å². The third-order valence-electron chi connectivity index (χ3n) is 4.00. The SMILES string of the molecule is O=S(=O)(Cc1ccccc1)N1CCC2(CC=NO2)CC1. The monoisotopic (exact) mass is 294 g/mol. The Morgan fingerprint density at radius 3 is 2.50 bits per heavy atom. The summed E-state index contributed by atoms with van der Waals surface area (Å²) in [7, 11) is -3.25. The summed E-state index contributed by atoms with van der Waals surface area (Å²) >= 11 is 0. The molecule has 0 aromatic heterocycles. The molecule has 1 aromatic carbocycles. The number of rotatable bonds is 3. The maximum absolute atomic E-state index is 12.4. The molecule has 108 valence electrons. The summed E-state index contributed by atoms with van der Waals surface area (Å²) in [5.41, 5.74) is 0.576. The average Bonchev–Trinajstić information content (AvgIpc) is 2.88. The fraction of sp³-hybridized carbons (Fsp3) is 0.500. The van der Waals surface area contributed by atoms with Gasteiger partial charge < -0.3 is 4.84 Å². The first kappa shape index (κ1) is 13.6. The summed E-state index contributed by atoms with van der Waals surface area (Å²) < 4.78 is 26.4. The van der Waals surface area contributed by atoms with Gasteiger partial charge in [0.15, 0.2) is 0 Å². The molecule has 0 N–H and O–H groups in total. The molecule has 6 heteroatoms. The van der Waals surface area contributed by atoms with Gasteiger partial charge in [0.2, 0.25) is 10.0 Å². The number of sulfonamides is 1. The maximum atomic E-state index is 12.4. The summed E-state index contributed by atoms with van der Waals surface area (Å²) in [6.07, 6.45) is 3.98. The molecule has 5 nitrogen and oxygen atoms in total. The van der Waals surface area contributed by atoms with E-state index in [1.807, 2.05) is 30.3 Å². The average molecular weight is 294 g/mol. The summed E-state index contributed by atoms with van der Waals surface area (Å²) in [5, 5.41) is 3.82. The molecular formula is C14H18N2O3S. The fourth-order valence-corrected chi connectivity index (χ4v) is 4.27. The van der Waals surface area contributed by atoms with Gasteiger partial charge in [-0.05, 0) is 5.56 Å². The van der Waals surface area contributed by atoms with Crippen molar-refractivity contribution in [2.45, 2.75) is 30.6 Å². The molecule has 1 saturated heterocycles. The molecular weight excluding hydrogens is 276 g/mol. The van der Waals surface area contributed by atoms with E-state index < -0.39 is 10.0 Å². The van der Waals surface area contributed by atoms with Crippen LogP contribution in [0.25, 0.3) is 0 Å². The summed E-state index contributed by atoms with van der Waals surface area (Å²) in [5.74, 6) is 0.0677. The van der Waals surface area contributed by atoms with Gasteiger partial charge in [0.05, 0.1) is 5.75 Å². The zero-order valence-corrected chi connectivity index (χ0v) is 12.1. The molecule has 20 heavy (non-hydrogen) atoms. The molecule has 0 atom stereocenters. The van der Waals surface area contributed by atoms with Crippen molar-refractivity contribution in [3.05, 3.63) is 35.9 Å². The Morgan fingerprint density at radius 2 is 1.90 bits per heavy atom. The van der Waals surface area contributed by atoms with Gasteiger partial charge in [0.25, 0.3) is 0 Å². The molecule has 0 unspecified atom stereocenters. The van der Waals surface area contributed by atoms with Crippen LogP contribution in [-0.2, 0) is 20.6 Å². The second kappa shape index (κ2) is 5.18. The first-order valence-corrected chi connectivity index (χ1v) is 8.42. The lowest BCUT2D eigenvalue weighted by Gasteiger charge is -2.36. The fourth-order valence-electron chi connectivity index (χ4n) is 2.73. The zero-order chi connectivity index (χ0) is 14.1. The van der Waals surface area contributed by atoms with Gasteiger partial charge in [0.1, 0.15) is 5.60 Å². The normalized spacial score (nSPS) is 22.0. The first-order chi connectivity index (χ1) is 9.60. The van der Waals surface area contributed by atoms with Crippen LogP contribution >= 0.6 is 0 Å². The van der Waals surface area contributed by atoms with Crippen LogP contribution in [0.15, 0.2) is 35.5 Å². The molecule has 1 fully saturated rings. The number of benzene rings is 1. The Morgan fingerprint density at radius 1 is 1.20 bits per heavy atom. The molecule has 0 bridgehead atoms. The van der Waals surface area contributed by atoms with Crippen LogP contribution in [0.3, 0.4) is 0 Å². The van der Waals surface area contributed by atoms with Gasteiger partial charge in [-0.15, -0.1) is 0 Å². The predicted molar refractivity (Wildman–Crippen MR) is 76.8 cm³/mol. The van der Waals surface area contributed by atoms with Gasteiger partial charge in [-0.1, -0.05) is 35.5 Å². The number of piperidine rings is 1. The van der Waals surface area contributed by atoms with Crippen LogP contribution in [0, 0.1) is 0 Å². The lowest BCUT2D eigenvalue weighted by atomic mass is 9.90. The Labute approximate surface area is 119 Å². The third kappa shape index (κ3) is 2.71. The number of hydrogen-bond acceptors (Lipinski definition) is 4. The van der Waals surface area contributed by atoms with Gasteiger partial charge in [-0.3, -0.25) is 0 Å². The standard InChI is InChI=1S/C14H18N2O3S/c17-20(18,12-13-4-2-1-3-5-13)16-10-7-14(8-11-16)6-9-15-19-14/h1-5,9H,6-8,10-12H2. The summed E-state index contributed by atoms with van der Waals surface area (Å²) in [6.45, 7) is 1.02. The molecule has 2 aliphatic rings. The second-order valence-corrected chi connectivity index (χ2v) is 7.38. The molecule has 0 radical (unpaired) electrons. The van der Waals surface area contributed by atoms with Crippen molar-refractivity contribution in [2.24, 2.45) is 5.16 Å². The molecule has 1 aromatic rings. The van der Waals surface area contributed by atoms with Crippen molar-refractivity contribution in [3.63, 3.8) is 0 Å². The molecule has 0 amide bonds. The van der Waals surface area contributed by atoms with Crippen LogP contribution in [-0.4, -0.2) is 37.6 Å². The van der Waals surface area contributed by atoms with Crippen molar-refractivity contribution >= 4 is 16.2 Å². The minimum absolute atomic E-state index is 0.0677. The van der Waals surface area contributed by atoms with E-state index in [0.29, 0.717) is 25.9 Å². The zero-order valence-electron chi connectivity index (χ0n) is 11.2. The van der Waals surface area contributed by atoms with E-state index in [-0.39, 0.29) is 11.4 Å². The minimum atomic E-state index is -3.25. The number of nitrogens with zero attached hydrogens (tertiary/aromatic N) is 2. The van der Waals surface area contributed by atoms with E-state index in [4.69, 9.17) is 4.84 Å². The molecule has 1 spiro atoms. The lowest BCUT2D eigenvalue weighted by molar-refractivity contribution is -0.0506. The highest BCUT2D eigenvalue weighted by atomic mass is 32.2. The van der Waals surface area contributed by atoms with Crippen molar-refractivity contribution in [2.75, 3.05) is 13.1 Å². The molecule has 2 aliphatic heterocycles. The van der Waals surface area contributed by atoms with Gasteiger partial charge in [0, 0.05) is 38.6 Å². The maximum Gasteiger partial charge on any atom is 0.218 e. The minimum Gasteiger partial charge on any atom is -0.389 e. The number of oxime groups is 1. The first-order valence-electron chi connectivity index (χ1n) is 6.82. The smallest absolute Gasteiger partial charge is 0.218 e. The van der Waals surface area contributed by atoms with E-state index >= 15 is 0 Å². The summed E-state index contributed by atoms with van der Waals surface area (Å²) in [6, 6.07) is 9.30. The largest absolute Gasteiger partial charge is 0.389 e. The Hall–Kier alpha value is -1.40. The van der Waals surface area contributed by atoms with Crippen molar-refractivity contribution < 1.29 is 13.3 Å². The highest BCUT2D eigenvalue weighted by Gasteiger charge is 2.41. The van der Waals surface area contributed by atoms with E-state index in [1.165, 1.54) is 0 Å². The van der Waals surface area contributed by atoms with E-state index in [2.05, 4.69) is 5.16 Å². The van der Waals surface area contributed by atoms with E-state index in [9.17, 15) is 8.42 Å². The topological polar surface area (TPSA) is 59.0 Å². The number of hydrogen-bond donors (Lipinski definition) is 0. The Kier molecular flexibility index (Phi) is 3.52. The van der Waals surface area contributed by atoms with Crippen molar-refractivity contribution in [3.8, 4) is 0 Å². The second-order valence-electron chi connectivity index (χ2n) is 5.41. The quantitative estimate of drug-likeness (QED) is 0.853. The predicted octanol–water partition coefficient (Wildman–Crippen LogP) is 1.76. The summed E-state index contributed by atoms with van der Waals surface area (Å²) in [4.78, 5) is 5.41. The third-order valence-corrected chi connectivity index (χ3v) is 5.85. The molecule has 2 heterocycles. The van der Waals surface area contributed by atoms with E-state index in [0.717, 1.165) is 12.0 Å². The Balaban J connectivity index is 1.65. The highest BCUT2D eigenvalue weighted by Crippen LogP contribution is 2.33. The van der Waals surface area contributed by atoms with Crippen LogP contribution in [0.4, 0.5) is 0 Å². The Bertz CT molecular complexity index is 580. The van der Waals surface area contributed by atoms with Crippen LogP contribution in [0.5, 0.6) is 0 Å². The van der Waals surface area contributed by atoms with Crippen molar-refractivity contribution in [1.29, 1.82) is 0 Å². The molecule has 0 saturated carbocycles. The lowest BCUT2D eigenvalue weighted by Crippen LogP contribution is -2.46. The molecule has 3 rings (SSSR count). The van der Waals surface area contributed by atoms with Gasteiger partial charge in [-0.25, -0.2) is 12.7 Å². The molecule has 0 aliphatic carbocycles. The van der Waals surface area contributed by atoms with Gasteiger partial charge >= 0.3 is 0 Å². The van der Waals surface area contributed by atoms with E-state index in [1.54, 1.807) is 10.5 Å². The van der Waals surface area contributed by atoms with Crippen molar-refractivity contribution in [1.82, 2.24) is 4.31 Å². The van der Waals surface area contributed by atoms with Crippen LogP contribution in [0.2, 0.25) is 0 Å². The van der Waals surface area contributed by atoms with Crippen LogP contribution < -0.4 is 0 Å². The highest BCUT2D eigenvalue weighted by molar-refractivity contribution is 7.88. The van der Waals surface area contributed by atoms with Crippen LogP contribution in [0.1, 0.15) is 24.8 Å².